The molecule has 3 N–H and O–H groups in total. The number of nitrogens with one attached hydrogen (secondary N) is 3. The molecule has 1 aliphatic rings. The average molecular weight is 632 g/mol. The number of carbonyl (C=O) groups is 3. The van der Waals surface area contributed by atoms with Crippen molar-refractivity contribution in [3.63, 3.8) is 0 Å². The number of aryl methyl sites for hydroxylation is 1. The van der Waals surface area contributed by atoms with E-state index < -0.39 is 11.6 Å². The van der Waals surface area contributed by atoms with E-state index in [1.165, 1.54) is 36.6 Å². The van der Waals surface area contributed by atoms with Crippen molar-refractivity contribution >= 4 is 31.0 Å². The van der Waals surface area contributed by atoms with Crippen molar-refractivity contribution in [1.82, 2.24) is 10.2 Å². The molecular weight excluding hydrogens is 576 g/mol. The summed E-state index contributed by atoms with van der Waals surface area (Å²) in [5.74, 6) is -0.938. The molecule has 1 fully saturated rings. The van der Waals surface area contributed by atoms with Crippen molar-refractivity contribution < 1.29 is 23.2 Å². The Morgan fingerprint density at radius 3 is 1.98 bits per heavy atom. The van der Waals surface area contributed by atoms with E-state index in [9.17, 15) is 13.6 Å². The number of urea groups is 1. The van der Waals surface area contributed by atoms with E-state index >= 15 is 0 Å². The molecule has 3 rings (SSSR count). The first-order valence-electron chi connectivity index (χ1n) is 15.1. The largest absolute Gasteiger partial charge is 0.341 e. The van der Waals surface area contributed by atoms with Crippen LogP contribution in [0.5, 0.6) is 0 Å². The van der Waals surface area contributed by atoms with Crippen LogP contribution in [-0.4, -0.2) is 51.7 Å². The van der Waals surface area contributed by atoms with Crippen molar-refractivity contribution in [3.05, 3.63) is 71.3 Å². The average Bonchev–Trinajstić information content (AvgIpc) is 3.46. The summed E-state index contributed by atoms with van der Waals surface area (Å²) in [5.41, 5.74) is 9.21. The number of carbonyl (C=O) groups excluding carboxylic acids is 3. The van der Waals surface area contributed by atoms with Gasteiger partial charge < -0.3 is 25.1 Å². The molecular formula is C35H55F2N5O3. The Morgan fingerprint density at radius 2 is 1.58 bits per heavy atom. The van der Waals surface area contributed by atoms with Crippen LogP contribution in [0.4, 0.5) is 19.3 Å². The van der Waals surface area contributed by atoms with Crippen LogP contribution in [0.3, 0.4) is 0 Å². The number of hydrogen-bond donors (Lipinski definition) is 3. The van der Waals surface area contributed by atoms with Gasteiger partial charge in [0.1, 0.15) is 25.2 Å². The highest BCUT2D eigenvalue weighted by Crippen LogP contribution is 2.54. The molecule has 0 aromatic heterocycles. The lowest BCUT2D eigenvalue weighted by Crippen LogP contribution is -2.32. The molecule has 1 aliphatic carbocycles. The van der Waals surface area contributed by atoms with Gasteiger partial charge in [0.2, 0.25) is 0 Å². The van der Waals surface area contributed by atoms with Crippen molar-refractivity contribution in [2.75, 3.05) is 32.5 Å². The Hall–Kier alpha value is -3.79. The molecule has 8 nitrogen and oxygen atoms in total. The van der Waals surface area contributed by atoms with Crippen molar-refractivity contribution in [2.45, 2.75) is 74.1 Å². The van der Waals surface area contributed by atoms with E-state index in [-0.39, 0.29) is 28.1 Å². The molecule has 0 unspecified atom stereocenters. The highest BCUT2D eigenvalue weighted by Gasteiger charge is 2.45. The maximum Gasteiger partial charge on any atom is 0.318 e. The Morgan fingerprint density at radius 1 is 1.07 bits per heavy atom. The number of hydrogen-bond acceptors (Lipinski definition) is 6. The smallest absolute Gasteiger partial charge is 0.318 e. The van der Waals surface area contributed by atoms with E-state index in [1.54, 1.807) is 13.1 Å². The van der Waals surface area contributed by atoms with Gasteiger partial charge in [-0.2, -0.15) is 5.11 Å². The highest BCUT2D eigenvalue weighted by atomic mass is 19.1. The van der Waals surface area contributed by atoms with Crippen LogP contribution in [0, 0.1) is 40.8 Å². The maximum atomic E-state index is 14.0. The minimum absolute atomic E-state index is 0.0796. The van der Waals surface area contributed by atoms with Gasteiger partial charge in [-0.15, -0.1) is 0 Å². The molecule has 45 heavy (non-hydrogen) atoms. The van der Waals surface area contributed by atoms with Gasteiger partial charge in [0, 0.05) is 12.7 Å². The normalized spacial score (nSPS) is 17.1. The number of anilines is 1. The highest BCUT2D eigenvalue weighted by molar-refractivity contribution is 5.88. The van der Waals surface area contributed by atoms with Crippen LogP contribution >= 0.6 is 0 Å². The second-order valence-electron chi connectivity index (χ2n) is 11.6. The maximum absolute atomic E-state index is 14.0. The van der Waals surface area contributed by atoms with Crippen molar-refractivity contribution in [1.29, 1.82) is 5.53 Å². The molecule has 0 bridgehead atoms. The summed E-state index contributed by atoms with van der Waals surface area (Å²) in [7, 11) is 3.70. The fourth-order valence-corrected chi connectivity index (χ4v) is 5.34. The van der Waals surface area contributed by atoms with Gasteiger partial charge in [0.05, 0.1) is 11.3 Å². The summed E-state index contributed by atoms with van der Waals surface area (Å²) < 4.78 is 28.1. The molecule has 252 valence electrons. The molecule has 0 radical (unpaired) electrons. The first-order chi connectivity index (χ1) is 21.3. The molecule has 0 saturated heterocycles. The zero-order valence-corrected chi connectivity index (χ0v) is 28.7. The lowest BCUT2D eigenvalue weighted by atomic mass is 9.64. The summed E-state index contributed by atoms with van der Waals surface area (Å²) in [4.78, 5) is 29.1. The first-order valence-corrected chi connectivity index (χ1v) is 15.1. The quantitative estimate of drug-likeness (QED) is 0.252. The minimum Gasteiger partial charge on any atom is -0.341 e. The monoisotopic (exact) mass is 631 g/mol. The summed E-state index contributed by atoms with van der Waals surface area (Å²) in [5, 5.41) is 8.59. The van der Waals surface area contributed by atoms with Crippen LogP contribution in [0.1, 0.15) is 78.4 Å². The zero-order chi connectivity index (χ0) is 35.2. The Balaban J connectivity index is 0. The van der Waals surface area contributed by atoms with Crippen LogP contribution < -0.4 is 10.6 Å². The molecule has 10 heteroatoms. The van der Waals surface area contributed by atoms with Crippen LogP contribution in [-0.2, 0) is 9.59 Å². The van der Waals surface area contributed by atoms with Gasteiger partial charge in [-0.3, -0.25) is 0 Å². The number of rotatable bonds is 8. The van der Waals surface area contributed by atoms with Gasteiger partial charge in [-0.1, -0.05) is 84.2 Å². The van der Waals surface area contributed by atoms with Crippen molar-refractivity contribution in [3.8, 4) is 0 Å². The summed E-state index contributed by atoms with van der Waals surface area (Å²) in [6.45, 7) is 21.3. The van der Waals surface area contributed by atoms with E-state index in [4.69, 9.17) is 15.1 Å². The van der Waals surface area contributed by atoms with Gasteiger partial charge in [0.15, 0.2) is 0 Å². The lowest BCUT2D eigenvalue weighted by Gasteiger charge is -2.40. The zero-order valence-electron chi connectivity index (χ0n) is 28.7. The molecule has 2 aromatic carbocycles. The van der Waals surface area contributed by atoms with E-state index in [2.05, 4.69) is 69.2 Å². The molecule has 0 aliphatic heterocycles. The predicted octanol–water partition coefficient (Wildman–Crippen LogP) is 8.91. The Labute approximate surface area is 269 Å². The number of amides is 2. The van der Waals surface area contributed by atoms with Gasteiger partial charge in [-0.05, 0) is 80.9 Å². The topological polar surface area (TPSA) is 115 Å². The summed E-state index contributed by atoms with van der Waals surface area (Å²) in [6, 6.07) is 11.2. The third-order valence-corrected chi connectivity index (χ3v) is 8.25. The summed E-state index contributed by atoms with van der Waals surface area (Å²) in [6.07, 6.45) is 6.31. The third kappa shape index (κ3) is 14.7. The predicted molar refractivity (Wildman–Crippen MR) is 181 cm³/mol. The number of allylic oxidation sites excluding steroid dienone is 1. The third-order valence-electron chi connectivity index (χ3n) is 8.25. The summed E-state index contributed by atoms with van der Waals surface area (Å²) >= 11 is 0. The number of nitrogens with zero attached hydrogens (tertiary/aromatic N) is 2. The Kier molecular flexibility index (Phi) is 21.8. The van der Waals surface area contributed by atoms with Crippen molar-refractivity contribution in [2.24, 2.45) is 21.9 Å². The SMILES string of the molecule is C=O.C=O.CCN(C)CC.CC[C@]1(C)CCC[C@H]1C(C)(C)/C=C(\N=N)c1c(F)cccc1F.CNC(=O)Nc1ccc(C)cc1. The van der Waals surface area contributed by atoms with E-state index in [0.717, 1.165) is 31.6 Å². The van der Waals surface area contributed by atoms with Crippen LogP contribution in [0.25, 0.3) is 5.70 Å². The van der Waals surface area contributed by atoms with Gasteiger partial charge >= 0.3 is 6.03 Å². The van der Waals surface area contributed by atoms with E-state index in [0.29, 0.717) is 5.92 Å². The molecule has 2 aromatic rings. The second kappa shape index (κ2) is 22.7. The van der Waals surface area contributed by atoms with Crippen LogP contribution in [0.15, 0.2) is 53.7 Å². The molecule has 2 atom stereocenters. The van der Waals surface area contributed by atoms with E-state index in [1.807, 2.05) is 44.8 Å². The molecule has 0 heterocycles. The van der Waals surface area contributed by atoms with Crippen LogP contribution in [0.2, 0.25) is 0 Å². The number of benzene rings is 2. The van der Waals surface area contributed by atoms with Gasteiger partial charge in [0.25, 0.3) is 0 Å². The minimum atomic E-state index is -0.673. The fraction of sp³-hybridized carbons (Fsp3) is 0.514. The van der Waals surface area contributed by atoms with Gasteiger partial charge in [-0.25, -0.2) is 19.1 Å². The standard InChI is InChI=1S/C19H26F2N2.C9H12N2O.C5H13N.2CH2O/c1-5-19(4)11-7-10-16(19)18(2,3)12-15(23-22)17-13(20)8-6-9-14(17)21;1-7-3-5-8(6-4-7)11-9(12)10-2;1-4-6(3)5-2;2*1-2/h6,8-9,12,16,22H,5,7,10-11H2,1-4H3;3-6H,1-2H3,(H2,10,11,12);4-5H2,1-3H3;2*1H2/b15-12-,23-22?;;;;/t16-,19+;;;;/m0..../s1. The fourth-order valence-electron chi connectivity index (χ4n) is 5.34. The lowest BCUT2D eigenvalue weighted by molar-refractivity contribution is -0.0987. The molecule has 0 spiro atoms. The number of halogens is 2. The second-order valence-corrected chi connectivity index (χ2v) is 11.6. The molecule has 1 saturated carbocycles. The molecule has 2 amide bonds. The Bertz CT molecular complexity index is 1150. The first kappa shape index (κ1) is 43.3.